The molecule has 0 saturated carbocycles. The molecule has 8 aromatic rings. The average Bonchev–Trinajstić information content (AvgIpc) is 3.52. The minimum Gasteiger partial charge on any atom is -0.238 e. The van der Waals surface area contributed by atoms with Crippen LogP contribution in [0.1, 0.15) is 22.3 Å². The van der Waals surface area contributed by atoms with Gasteiger partial charge in [-0.1, -0.05) is 176 Å². The molecule has 4 heteroatoms. The fraction of sp³-hybridized carbons (Fsp3) is 0.0213. The topological polar surface area (TPSA) is 43.0 Å². The van der Waals surface area contributed by atoms with Gasteiger partial charge in [0.25, 0.3) is 0 Å². The summed E-state index contributed by atoms with van der Waals surface area (Å²) in [6, 6.07) is 62.7. The van der Waals surface area contributed by atoms with Crippen LogP contribution in [0.2, 0.25) is 0 Å². The maximum absolute atomic E-state index is 7.97. The van der Waals surface area contributed by atoms with Gasteiger partial charge in [0, 0.05) is 16.7 Å². The summed E-state index contributed by atoms with van der Waals surface area (Å²) in [5.74, 6) is 1.83. The summed E-state index contributed by atoms with van der Waals surface area (Å²) in [5, 5.41) is 0. The van der Waals surface area contributed by atoms with E-state index >= 15 is 0 Å². The first-order chi connectivity index (χ1) is 25.3. The van der Waals surface area contributed by atoms with Crippen LogP contribution < -0.4 is 0 Å². The van der Waals surface area contributed by atoms with Crippen LogP contribution in [0.3, 0.4) is 0 Å². The second-order valence-corrected chi connectivity index (χ2v) is 12.6. The monoisotopic (exact) mass is 650 g/mol. The Morgan fingerprint density at radius 1 is 0.392 bits per heavy atom. The van der Waals surface area contributed by atoms with Gasteiger partial charge in [-0.3, -0.25) is 0 Å². The van der Waals surface area contributed by atoms with E-state index in [4.69, 9.17) is 21.5 Å². The zero-order valence-electron chi connectivity index (χ0n) is 27.6. The molecule has 0 bridgehead atoms. The predicted octanol–water partition coefficient (Wildman–Crippen LogP) is 11.5. The zero-order chi connectivity index (χ0) is 34.2. The molecule has 0 amide bonds. The van der Waals surface area contributed by atoms with Crippen molar-refractivity contribution in [1.82, 2.24) is 15.0 Å². The summed E-state index contributed by atoms with van der Waals surface area (Å²) < 4.78 is 0. The van der Waals surface area contributed by atoms with Gasteiger partial charge in [-0.2, -0.15) is 0 Å². The molecule has 1 aromatic heterocycles. The van der Waals surface area contributed by atoms with Crippen LogP contribution in [-0.2, 0) is 5.41 Å². The molecule has 9 rings (SSSR count). The number of aromatic nitrogens is 3. The van der Waals surface area contributed by atoms with Crippen LogP contribution in [0.5, 0.6) is 0 Å². The molecular weight excluding hydrogens is 621 g/mol. The van der Waals surface area contributed by atoms with Gasteiger partial charge in [-0.15, -0.1) is 0 Å². The van der Waals surface area contributed by atoms with E-state index in [0.29, 0.717) is 23.2 Å². The average molecular weight is 651 g/mol. The van der Waals surface area contributed by atoms with Gasteiger partial charge in [0.2, 0.25) is 0 Å². The maximum atomic E-state index is 7.97. The normalized spacial score (nSPS) is 12.5. The van der Waals surface area contributed by atoms with E-state index in [2.05, 4.69) is 114 Å². The molecule has 0 unspecified atom stereocenters. The van der Waals surface area contributed by atoms with Gasteiger partial charge in [-0.05, 0) is 50.6 Å². The van der Waals surface area contributed by atoms with Crippen molar-refractivity contribution in [3.05, 3.63) is 216 Å². The van der Waals surface area contributed by atoms with Gasteiger partial charge in [0.05, 0.1) is 12.0 Å². The van der Waals surface area contributed by atoms with E-state index in [1.165, 1.54) is 16.7 Å². The Morgan fingerprint density at radius 3 is 1.45 bits per heavy atom. The highest BCUT2D eigenvalue weighted by Crippen LogP contribution is 2.59. The van der Waals surface area contributed by atoms with Crippen molar-refractivity contribution in [3.63, 3.8) is 0 Å². The lowest BCUT2D eigenvalue weighted by Gasteiger charge is -2.34. The molecular formula is C47H30N4. The van der Waals surface area contributed by atoms with E-state index in [-0.39, 0.29) is 0 Å². The fourth-order valence-electron chi connectivity index (χ4n) is 7.67. The van der Waals surface area contributed by atoms with Gasteiger partial charge in [0.15, 0.2) is 23.2 Å². The molecule has 0 spiro atoms. The smallest absolute Gasteiger partial charge is 0.187 e. The third-order valence-corrected chi connectivity index (χ3v) is 9.85. The molecule has 7 aromatic carbocycles. The van der Waals surface area contributed by atoms with Crippen LogP contribution in [0.25, 0.3) is 61.3 Å². The maximum Gasteiger partial charge on any atom is 0.187 e. The van der Waals surface area contributed by atoms with Crippen molar-refractivity contribution < 1.29 is 0 Å². The summed E-state index contributed by atoms with van der Waals surface area (Å²) in [7, 11) is 0. The quantitative estimate of drug-likeness (QED) is 0.168. The summed E-state index contributed by atoms with van der Waals surface area (Å²) >= 11 is 0. The first-order valence-electron chi connectivity index (χ1n) is 17.0. The SMILES string of the molecule is [C-]#[N+]c1ccc2c(c1)-c1c(-c3ccccc3-c3nc(-c4ccccc4)nc(-c4ccccc4)n3)cccc1C2(c1ccccc1)c1ccccc1. The van der Waals surface area contributed by atoms with Crippen molar-refractivity contribution in [2.45, 2.75) is 5.41 Å². The van der Waals surface area contributed by atoms with Gasteiger partial charge in [0.1, 0.15) is 0 Å². The summed E-state index contributed by atoms with van der Waals surface area (Å²) in [6.07, 6.45) is 0. The molecule has 51 heavy (non-hydrogen) atoms. The van der Waals surface area contributed by atoms with Gasteiger partial charge < -0.3 is 0 Å². The van der Waals surface area contributed by atoms with Crippen LogP contribution in [-0.4, -0.2) is 15.0 Å². The van der Waals surface area contributed by atoms with Crippen molar-refractivity contribution in [2.75, 3.05) is 0 Å². The van der Waals surface area contributed by atoms with Gasteiger partial charge >= 0.3 is 0 Å². The summed E-state index contributed by atoms with van der Waals surface area (Å²) in [6.45, 7) is 7.97. The van der Waals surface area contributed by atoms with E-state index in [1.54, 1.807) is 0 Å². The lowest BCUT2D eigenvalue weighted by molar-refractivity contribution is 0.769. The Morgan fingerprint density at radius 2 is 0.882 bits per heavy atom. The van der Waals surface area contributed by atoms with Crippen LogP contribution in [0, 0.1) is 6.57 Å². The molecule has 0 aliphatic heterocycles. The third kappa shape index (κ3) is 4.95. The largest absolute Gasteiger partial charge is 0.238 e. The second-order valence-electron chi connectivity index (χ2n) is 12.6. The van der Waals surface area contributed by atoms with Crippen LogP contribution in [0.4, 0.5) is 5.69 Å². The highest BCUT2D eigenvalue weighted by Gasteiger charge is 2.47. The summed E-state index contributed by atoms with van der Waals surface area (Å²) in [5.41, 5.74) is 11.7. The van der Waals surface area contributed by atoms with E-state index in [0.717, 1.165) is 44.5 Å². The fourth-order valence-corrected chi connectivity index (χ4v) is 7.67. The van der Waals surface area contributed by atoms with Crippen molar-refractivity contribution in [2.24, 2.45) is 0 Å². The van der Waals surface area contributed by atoms with E-state index in [1.807, 2.05) is 72.8 Å². The number of fused-ring (bicyclic) bond motifs is 3. The molecule has 0 fully saturated rings. The lowest BCUT2D eigenvalue weighted by atomic mass is 9.67. The Balaban J connectivity index is 1.34. The Hall–Kier alpha value is -6.96. The van der Waals surface area contributed by atoms with Crippen molar-refractivity contribution in [3.8, 4) is 56.4 Å². The van der Waals surface area contributed by atoms with Gasteiger partial charge in [-0.25, -0.2) is 19.8 Å². The first kappa shape index (κ1) is 30.1. The highest BCUT2D eigenvalue weighted by atomic mass is 15.0. The number of hydrogen-bond acceptors (Lipinski definition) is 3. The minimum absolute atomic E-state index is 0.590. The molecule has 0 saturated heterocycles. The molecule has 1 aliphatic carbocycles. The minimum atomic E-state index is -0.590. The molecule has 0 atom stereocenters. The first-order valence-corrected chi connectivity index (χ1v) is 17.0. The molecule has 4 nitrogen and oxygen atoms in total. The number of rotatable bonds is 6. The molecule has 1 aliphatic rings. The number of benzene rings is 7. The van der Waals surface area contributed by atoms with Crippen LogP contribution >= 0.6 is 0 Å². The lowest BCUT2D eigenvalue weighted by Crippen LogP contribution is -2.28. The molecule has 0 radical (unpaired) electrons. The van der Waals surface area contributed by atoms with E-state index in [9.17, 15) is 0 Å². The standard InChI is InChI=1S/C47H30N4/c1-48-36-29-30-41-40(31-36)43-38(27-16-28-42(43)47(41,34-21-10-4-11-22-34)35-23-12-5-13-24-35)37-25-14-15-26-39(37)46-50-44(32-17-6-2-7-18-32)49-45(51-46)33-19-8-3-9-20-33/h2-31H. The number of hydrogen-bond donors (Lipinski definition) is 0. The third-order valence-electron chi connectivity index (χ3n) is 9.85. The van der Waals surface area contributed by atoms with Crippen LogP contribution in [0.15, 0.2) is 182 Å². The van der Waals surface area contributed by atoms with Crippen molar-refractivity contribution >= 4 is 5.69 Å². The summed E-state index contributed by atoms with van der Waals surface area (Å²) in [4.78, 5) is 19.1. The van der Waals surface area contributed by atoms with E-state index < -0.39 is 5.41 Å². The predicted molar refractivity (Wildman–Crippen MR) is 205 cm³/mol. The number of nitrogens with zero attached hydrogens (tertiary/aromatic N) is 4. The molecule has 238 valence electrons. The Labute approximate surface area is 297 Å². The Kier molecular flexibility index (Phi) is 7.38. The highest BCUT2D eigenvalue weighted by molar-refractivity contribution is 5.99. The van der Waals surface area contributed by atoms with Crippen molar-refractivity contribution in [1.29, 1.82) is 0 Å². The molecule has 1 heterocycles. The zero-order valence-corrected chi connectivity index (χ0v) is 27.6. The molecule has 0 N–H and O–H groups in total. The second kappa shape index (κ2) is 12.5. The Bertz CT molecular complexity index is 2480.